The van der Waals surface area contributed by atoms with Gasteiger partial charge in [0.15, 0.2) is 11.0 Å². The van der Waals surface area contributed by atoms with Crippen LogP contribution in [0.5, 0.6) is 0 Å². The number of carbonyl (C=O) groups is 1. The lowest BCUT2D eigenvalue weighted by molar-refractivity contribution is -0.120. The van der Waals surface area contributed by atoms with Gasteiger partial charge in [-0.3, -0.25) is 4.79 Å². The number of nitrogens with zero attached hydrogens (tertiary/aromatic N) is 3. The summed E-state index contributed by atoms with van der Waals surface area (Å²) in [7, 11) is 1.84. The molecule has 5 nitrogen and oxygen atoms in total. The first-order valence-electron chi connectivity index (χ1n) is 9.64. The van der Waals surface area contributed by atoms with E-state index in [9.17, 15) is 9.18 Å². The molecule has 0 bridgehead atoms. The fourth-order valence-corrected chi connectivity index (χ4v) is 3.91. The van der Waals surface area contributed by atoms with Gasteiger partial charge in [0.25, 0.3) is 0 Å². The summed E-state index contributed by atoms with van der Waals surface area (Å²) in [5.74, 6) is 0.597. The van der Waals surface area contributed by atoms with Crippen molar-refractivity contribution in [1.82, 2.24) is 20.1 Å². The molecule has 2 atom stereocenters. The van der Waals surface area contributed by atoms with Gasteiger partial charge in [-0.05, 0) is 43.2 Å². The summed E-state index contributed by atoms with van der Waals surface area (Å²) in [4.78, 5) is 12.6. The zero-order valence-electron chi connectivity index (χ0n) is 16.8. The molecule has 0 radical (unpaired) electrons. The number of aromatic nitrogens is 3. The molecule has 1 heterocycles. The monoisotopic (exact) mass is 412 g/mol. The third kappa shape index (κ3) is 5.23. The molecule has 0 spiro atoms. The van der Waals surface area contributed by atoms with Crippen LogP contribution in [0.25, 0.3) is 11.4 Å². The van der Waals surface area contributed by atoms with Gasteiger partial charge >= 0.3 is 0 Å². The topological polar surface area (TPSA) is 59.8 Å². The molecule has 0 aliphatic heterocycles. The molecule has 1 N–H and O–H groups in total. The number of thioether (sulfide) groups is 1. The van der Waals surface area contributed by atoms with E-state index in [1.165, 1.54) is 29.5 Å². The third-order valence-corrected chi connectivity index (χ3v) is 6.01. The molecule has 0 unspecified atom stereocenters. The van der Waals surface area contributed by atoms with Crippen molar-refractivity contribution in [3.05, 3.63) is 66.0 Å². The first-order valence-corrected chi connectivity index (χ1v) is 10.5. The largest absolute Gasteiger partial charge is 0.355 e. The molecule has 0 saturated carbocycles. The second kappa shape index (κ2) is 9.69. The summed E-state index contributed by atoms with van der Waals surface area (Å²) >= 11 is 1.36. The number of benzene rings is 2. The van der Waals surface area contributed by atoms with Crippen molar-refractivity contribution in [3.8, 4) is 11.4 Å². The lowest BCUT2D eigenvalue weighted by atomic mass is 9.96. The maximum Gasteiger partial charge on any atom is 0.233 e. The van der Waals surface area contributed by atoms with Crippen LogP contribution in [0.3, 0.4) is 0 Å². The first-order chi connectivity index (χ1) is 14.0. The van der Waals surface area contributed by atoms with E-state index in [2.05, 4.69) is 34.6 Å². The molecule has 0 fully saturated rings. The van der Waals surface area contributed by atoms with Crippen molar-refractivity contribution in [2.24, 2.45) is 7.05 Å². The zero-order valence-corrected chi connectivity index (χ0v) is 17.6. The van der Waals surface area contributed by atoms with Gasteiger partial charge in [-0.1, -0.05) is 49.0 Å². The Bertz CT molecular complexity index is 943. The predicted molar refractivity (Wildman–Crippen MR) is 114 cm³/mol. The summed E-state index contributed by atoms with van der Waals surface area (Å²) in [6, 6.07) is 16.3. The average molecular weight is 413 g/mol. The summed E-state index contributed by atoms with van der Waals surface area (Å²) in [6.45, 7) is 4.58. The molecule has 7 heteroatoms. The Morgan fingerprint density at radius 2 is 1.83 bits per heavy atom. The van der Waals surface area contributed by atoms with Crippen molar-refractivity contribution >= 4 is 17.7 Å². The van der Waals surface area contributed by atoms with E-state index in [4.69, 9.17) is 0 Å². The standard InChI is InChI=1S/C22H25FN4OS/c1-4-16(17-8-6-5-7-9-17)14-24-21(28)15(2)29-22-26-25-20(27(22)3)18-10-12-19(23)13-11-18/h5-13,15-16H,4,14H2,1-3H3,(H,24,28)/t15-,16-/m0/s1. The molecule has 1 aromatic heterocycles. The van der Waals surface area contributed by atoms with Gasteiger partial charge < -0.3 is 9.88 Å². The van der Waals surface area contributed by atoms with E-state index in [1.807, 2.05) is 36.7 Å². The van der Waals surface area contributed by atoms with Crippen molar-refractivity contribution in [1.29, 1.82) is 0 Å². The van der Waals surface area contributed by atoms with Gasteiger partial charge in [-0.15, -0.1) is 10.2 Å². The smallest absolute Gasteiger partial charge is 0.233 e. The number of rotatable bonds is 8. The van der Waals surface area contributed by atoms with Crippen LogP contribution in [0.1, 0.15) is 31.7 Å². The van der Waals surface area contributed by atoms with Crippen molar-refractivity contribution < 1.29 is 9.18 Å². The lowest BCUT2D eigenvalue weighted by Crippen LogP contribution is -2.34. The minimum Gasteiger partial charge on any atom is -0.355 e. The zero-order chi connectivity index (χ0) is 20.8. The minimum absolute atomic E-state index is 0.0317. The van der Waals surface area contributed by atoms with Crippen LogP contribution in [-0.2, 0) is 11.8 Å². The highest BCUT2D eigenvalue weighted by molar-refractivity contribution is 8.00. The van der Waals surface area contributed by atoms with E-state index in [1.54, 1.807) is 12.1 Å². The maximum absolute atomic E-state index is 13.1. The molecule has 2 aromatic carbocycles. The highest BCUT2D eigenvalue weighted by atomic mass is 32.2. The molecular weight excluding hydrogens is 387 g/mol. The highest BCUT2D eigenvalue weighted by Gasteiger charge is 2.20. The van der Waals surface area contributed by atoms with Crippen molar-refractivity contribution in [2.75, 3.05) is 6.54 Å². The summed E-state index contributed by atoms with van der Waals surface area (Å²) in [5.41, 5.74) is 2.01. The predicted octanol–water partition coefficient (Wildman–Crippen LogP) is 4.41. The van der Waals surface area contributed by atoms with E-state index in [-0.39, 0.29) is 22.9 Å². The average Bonchev–Trinajstić information content (AvgIpc) is 3.10. The van der Waals surface area contributed by atoms with Gasteiger partial charge in [-0.2, -0.15) is 0 Å². The van der Waals surface area contributed by atoms with Gasteiger partial charge in [-0.25, -0.2) is 4.39 Å². The van der Waals surface area contributed by atoms with E-state index >= 15 is 0 Å². The van der Waals surface area contributed by atoms with Crippen molar-refractivity contribution in [2.45, 2.75) is 36.6 Å². The molecule has 3 aromatic rings. The molecule has 29 heavy (non-hydrogen) atoms. The molecule has 152 valence electrons. The Balaban J connectivity index is 1.60. The Labute approximate surface area is 174 Å². The van der Waals surface area contributed by atoms with Crippen LogP contribution in [0.15, 0.2) is 59.8 Å². The Kier molecular flexibility index (Phi) is 7.04. The molecule has 0 saturated heterocycles. The molecule has 1 amide bonds. The second-order valence-corrected chi connectivity index (χ2v) is 8.20. The molecule has 3 rings (SSSR count). The van der Waals surface area contributed by atoms with Gasteiger partial charge in [0.2, 0.25) is 5.91 Å². The Morgan fingerprint density at radius 3 is 2.48 bits per heavy atom. The number of nitrogens with one attached hydrogen (secondary N) is 1. The Morgan fingerprint density at radius 1 is 1.14 bits per heavy atom. The fourth-order valence-electron chi connectivity index (χ4n) is 3.07. The highest BCUT2D eigenvalue weighted by Crippen LogP contribution is 2.26. The van der Waals surface area contributed by atoms with E-state index < -0.39 is 0 Å². The van der Waals surface area contributed by atoms with E-state index in [0.29, 0.717) is 17.5 Å². The molecular formula is C22H25FN4OS. The number of halogens is 1. The van der Waals surface area contributed by atoms with Crippen LogP contribution in [0.4, 0.5) is 4.39 Å². The van der Waals surface area contributed by atoms with Gasteiger partial charge in [0, 0.05) is 25.1 Å². The lowest BCUT2D eigenvalue weighted by Gasteiger charge is -2.18. The number of hydrogen-bond donors (Lipinski definition) is 1. The summed E-state index contributed by atoms with van der Waals surface area (Å²) in [5, 5.41) is 11.8. The van der Waals surface area contributed by atoms with Crippen LogP contribution in [0.2, 0.25) is 0 Å². The quantitative estimate of drug-likeness (QED) is 0.557. The van der Waals surface area contributed by atoms with Crippen LogP contribution in [0, 0.1) is 5.82 Å². The van der Waals surface area contributed by atoms with Crippen LogP contribution >= 0.6 is 11.8 Å². The van der Waals surface area contributed by atoms with E-state index in [0.717, 1.165) is 12.0 Å². The van der Waals surface area contributed by atoms with Gasteiger partial charge in [0.05, 0.1) is 5.25 Å². The fraction of sp³-hybridized carbons (Fsp3) is 0.318. The molecule has 0 aliphatic carbocycles. The molecule has 0 aliphatic rings. The number of amides is 1. The van der Waals surface area contributed by atoms with Crippen LogP contribution in [-0.4, -0.2) is 32.5 Å². The maximum atomic E-state index is 13.1. The number of hydrogen-bond acceptors (Lipinski definition) is 4. The van der Waals surface area contributed by atoms with Gasteiger partial charge in [0.1, 0.15) is 5.82 Å². The van der Waals surface area contributed by atoms with Crippen LogP contribution < -0.4 is 5.32 Å². The SMILES string of the molecule is CC[C@@H](CNC(=O)[C@H](C)Sc1nnc(-c2ccc(F)cc2)n1C)c1ccccc1. The summed E-state index contributed by atoms with van der Waals surface area (Å²) in [6.07, 6.45) is 0.954. The van der Waals surface area contributed by atoms with Crippen molar-refractivity contribution in [3.63, 3.8) is 0 Å². The Hall–Kier alpha value is -2.67. The second-order valence-electron chi connectivity index (χ2n) is 6.89. The normalized spacial score (nSPS) is 13.1. The minimum atomic E-state index is -0.313. The first kappa shape index (κ1) is 21.0. The number of carbonyl (C=O) groups excluding carboxylic acids is 1. The third-order valence-electron chi connectivity index (χ3n) is 4.88. The summed E-state index contributed by atoms with van der Waals surface area (Å²) < 4.78 is 15.0.